The fourth-order valence-corrected chi connectivity index (χ4v) is 7.01. The first-order chi connectivity index (χ1) is 19.8. The summed E-state index contributed by atoms with van der Waals surface area (Å²) in [6, 6.07) is 21.1. The maximum atomic E-state index is 13.6. The molecule has 1 fully saturated rings. The van der Waals surface area contributed by atoms with Crippen LogP contribution in [0.1, 0.15) is 59.8 Å². The van der Waals surface area contributed by atoms with E-state index in [1.165, 1.54) is 11.0 Å². The predicted octanol–water partition coefficient (Wildman–Crippen LogP) is 5.93. The molecule has 0 spiro atoms. The molecule has 210 valence electrons. The number of benzene rings is 3. The maximum absolute atomic E-state index is 13.6. The molecule has 4 aliphatic rings. The Bertz CT molecular complexity index is 1440. The van der Waals surface area contributed by atoms with Crippen molar-refractivity contribution < 1.29 is 23.9 Å². The molecule has 0 saturated carbocycles. The lowest BCUT2D eigenvalue weighted by Crippen LogP contribution is -2.41. The summed E-state index contributed by atoms with van der Waals surface area (Å²) in [4.78, 5) is 52.9. The van der Waals surface area contributed by atoms with Gasteiger partial charge >= 0.3 is 5.97 Å². The number of rotatable bonds is 9. The second-order valence-corrected chi connectivity index (χ2v) is 11.6. The molecule has 1 aliphatic heterocycles. The molecule has 7 rings (SSSR count). The molecule has 9 heteroatoms. The lowest BCUT2D eigenvalue weighted by Gasteiger charge is -2.45. The Morgan fingerprint density at radius 2 is 1.34 bits per heavy atom. The number of halogens is 2. The Labute approximate surface area is 247 Å². The molecular weight excluding hydrogens is 563 g/mol. The Morgan fingerprint density at radius 1 is 0.780 bits per heavy atom. The molecule has 7 nitrogen and oxygen atoms in total. The lowest BCUT2D eigenvalue weighted by atomic mass is 9.55. The van der Waals surface area contributed by atoms with Gasteiger partial charge < -0.3 is 10.1 Å². The highest BCUT2D eigenvalue weighted by molar-refractivity contribution is 6.35. The number of carbonyl (C=O) groups excluding carboxylic acids is 4. The molecule has 3 aromatic rings. The molecule has 1 N–H and O–H groups in total. The van der Waals surface area contributed by atoms with Gasteiger partial charge in [0.1, 0.15) is 0 Å². The summed E-state index contributed by atoms with van der Waals surface area (Å²) in [6.07, 6.45) is 1.88. The van der Waals surface area contributed by atoms with Crippen LogP contribution in [0.25, 0.3) is 0 Å². The van der Waals surface area contributed by atoms with Gasteiger partial charge in [-0.2, -0.15) is 0 Å². The third-order valence-corrected chi connectivity index (χ3v) is 8.93. The van der Waals surface area contributed by atoms with Crippen LogP contribution in [-0.2, 0) is 23.9 Å². The summed E-state index contributed by atoms with van der Waals surface area (Å²) in [7, 11) is 0. The molecule has 3 aliphatic carbocycles. The van der Waals surface area contributed by atoms with E-state index in [0.29, 0.717) is 41.5 Å². The van der Waals surface area contributed by atoms with Crippen LogP contribution in [0.5, 0.6) is 0 Å². The standard InChI is InChI=1S/C32H28Cl2N2O5/c33-18-13-14-23(34)24(16-18)35-25(37)17-41-26(38)12-2-1-7-15-36-31(39)29-27-19-8-3-4-9-20(19)28(30(29)32(36)40)22-11-6-5-10-21(22)27/h3-6,8-11,13-14,16,27-30H,1-2,7,12,15,17H2,(H,35,37)/t27?,28?,29-,30-/m0/s1. The second-order valence-electron chi connectivity index (χ2n) is 10.7. The van der Waals surface area contributed by atoms with Gasteiger partial charge in [-0.05, 0) is 53.3 Å². The number of carbonyl (C=O) groups is 4. The zero-order valence-corrected chi connectivity index (χ0v) is 23.7. The van der Waals surface area contributed by atoms with Gasteiger partial charge in [0.05, 0.1) is 22.5 Å². The zero-order valence-electron chi connectivity index (χ0n) is 22.1. The van der Waals surface area contributed by atoms with Crippen molar-refractivity contribution in [2.75, 3.05) is 18.5 Å². The van der Waals surface area contributed by atoms with Crippen molar-refractivity contribution in [3.8, 4) is 0 Å². The first kappa shape index (κ1) is 27.5. The van der Waals surface area contributed by atoms with E-state index < -0.39 is 18.5 Å². The highest BCUT2D eigenvalue weighted by Crippen LogP contribution is 2.60. The van der Waals surface area contributed by atoms with Crippen LogP contribution in [0.4, 0.5) is 5.69 Å². The summed E-state index contributed by atoms with van der Waals surface area (Å²) in [6.45, 7) is -0.108. The van der Waals surface area contributed by atoms with Crippen molar-refractivity contribution in [2.45, 2.75) is 37.5 Å². The summed E-state index contributed by atoms with van der Waals surface area (Å²) in [5.41, 5.74) is 4.96. The van der Waals surface area contributed by atoms with Gasteiger partial charge in [0.2, 0.25) is 11.8 Å². The topological polar surface area (TPSA) is 92.8 Å². The van der Waals surface area contributed by atoms with Crippen molar-refractivity contribution in [1.29, 1.82) is 0 Å². The van der Waals surface area contributed by atoms with Crippen LogP contribution in [0.15, 0.2) is 66.7 Å². The van der Waals surface area contributed by atoms with E-state index in [0.717, 1.165) is 22.3 Å². The normalized spacial score (nSPS) is 21.8. The van der Waals surface area contributed by atoms with Crippen molar-refractivity contribution in [2.24, 2.45) is 11.8 Å². The van der Waals surface area contributed by atoms with E-state index >= 15 is 0 Å². The SMILES string of the molecule is O=C(COC(=O)CCCCCN1C(=O)[C@H]2C3c4ccccc4C(c4ccccc43)[C@@H]2C1=O)Nc1cc(Cl)ccc1Cl. The monoisotopic (exact) mass is 590 g/mol. The Morgan fingerprint density at radius 3 is 1.90 bits per heavy atom. The minimum absolute atomic E-state index is 0.0933. The minimum atomic E-state index is -0.520. The van der Waals surface area contributed by atoms with Crippen LogP contribution < -0.4 is 5.32 Å². The third-order valence-electron chi connectivity index (χ3n) is 8.37. The molecule has 3 aromatic carbocycles. The van der Waals surface area contributed by atoms with E-state index in [1.807, 2.05) is 24.3 Å². The number of likely N-dealkylation sites (tertiary alicyclic amines) is 1. The summed E-state index contributed by atoms with van der Waals surface area (Å²) in [5.74, 6) is -2.17. The van der Waals surface area contributed by atoms with Gasteiger partial charge in [-0.25, -0.2) is 0 Å². The van der Waals surface area contributed by atoms with Crippen molar-refractivity contribution in [3.63, 3.8) is 0 Å². The van der Waals surface area contributed by atoms with E-state index in [9.17, 15) is 19.2 Å². The summed E-state index contributed by atoms with van der Waals surface area (Å²) in [5, 5.41) is 3.30. The fourth-order valence-electron chi connectivity index (χ4n) is 6.67. The number of nitrogens with one attached hydrogen (secondary N) is 1. The first-order valence-corrected chi connectivity index (χ1v) is 14.5. The van der Waals surface area contributed by atoms with Crippen LogP contribution >= 0.6 is 23.2 Å². The highest BCUT2D eigenvalue weighted by Gasteiger charge is 2.61. The number of unbranched alkanes of at least 4 members (excludes halogenated alkanes) is 2. The first-order valence-electron chi connectivity index (χ1n) is 13.8. The zero-order chi connectivity index (χ0) is 28.7. The van der Waals surface area contributed by atoms with Crippen LogP contribution in [0.2, 0.25) is 10.0 Å². The van der Waals surface area contributed by atoms with Gasteiger partial charge in [-0.3, -0.25) is 24.1 Å². The van der Waals surface area contributed by atoms with Crippen molar-refractivity contribution >= 4 is 52.6 Å². The van der Waals surface area contributed by atoms with Crippen LogP contribution in [0, 0.1) is 11.8 Å². The maximum Gasteiger partial charge on any atom is 0.306 e. The van der Waals surface area contributed by atoms with Gasteiger partial charge in [0, 0.05) is 29.8 Å². The molecule has 0 aromatic heterocycles. The molecule has 1 saturated heterocycles. The molecule has 0 unspecified atom stereocenters. The number of nitrogens with zero attached hydrogens (tertiary/aromatic N) is 1. The van der Waals surface area contributed by atoms with Gasteiger partial charge in [0.15, 0.2) is 6.61 Å². The van der Waals surface area contributed by atoms with Gasteiger partial charge in [-0.1, -0.05) is 78.2 Å². The van der Waals surface area contributed by atoms with E-state index in [4.69, 9.17) is 27.9 Å². The Balaban J connectivity index is 0.999. The predicted molar refractivity (Wildman–Crippen MR) is 155 cm³/mol. The number of imide groups is 1. The Kier molecular flexibility index (Phi) is 7.58. The minimum Gasteiger partial charge on any atom is -0.456 e. The Hall–Kier alpha value is -3.68. The summed E-state index contributed by atoms with van der Waals surface area (Å²) < 4.78 is 5.07. The fraction of sp³-hybridized carbons (Fsp3) is 0.312. The molecule has 1 heterocycles. The van der Waals surface area contributed by atoms with Crippen LogP contribution in [-0.4, -0.2) is 41.7 Å². The average Bonchev–Trinajstić information content (AvgIpc) is 3.23. The highest BCUT2D eigenvalue weighted by atomic mass is 35.5. The molecule has 2 bridgehead atoms. The summed E-state index contributed by atoms with van der Waals surface area (Å²) >= 11 is 12.0. The largest absolute Gasteiger partial charge is 0.456 e. The number of hydrogen-bond acceptors (Lipinski definition) is 5. The molecule has 41 heavy (non-hydrogen) atoms. The third kappa shape index (κ3) is 5.02. The number of esters is 1. The quantitative estimate of drug-likeness (QED) is 0.189. The van der Waals surface area contributed by atoms with Crippen LogP contribution in [0.3, 0.4) is 0 Å². The van der Waals surface area contributed by atoms with E-state index in [1.54, 1.807) is 12.1 Å². The van der Waals surface area contributed by atoms with E-state index in [2.05, 4.69) is 29.6 Å². The molecular formula is C32H28Cl2N2O5. The second kappa shape index (κ2) is 11.3. The number of anilines is 1. The lowest BCUT2D eigenvalue weighted by molar-refractivity contribution is -0.147. The smallest absolute Gasteiger partial charge is 0.306 e. The molecule has 0 radical (unpaired) electrons. The number of amides is 3. The van der Waals surface area contributed by atoms with Crippen molar-refractivity contribution in [1.82, 2.24) is 4.90 Å². The number of ether oxygens (including phenoxy) is 1. The molecule has 3 amide bonds. The van der Waals surface area contributed by atoms with Gasteiger partial charge in [0.25, 0.3) is 5.91 Å². The number of hydrogen-bond donors (Lipinski definition) is 1. The molecule has 2 atom stereocenters. The average molecular weight is 591 g/mol. The van der Waals surface area contributed by atoms with E-state index in [-0.39, 0.29) is 41.9 Å². The van der Waals surface area contributed by atoms with Gasteiger partial charge in [-0.15, -0.1) is 0 Å². The van der Waals surface area contributed by atoms with Crippen molar-refractivity contribution in [3.05, 3.63) is 99.0 Å².